The van der Waals surface area contributed by atoms with Gasteiger partial charge >= 0.3 is 0 Å². The standard InChI is InChI=1S/C12H17BrN2O2/c1-15-4-5-17-12(8-15)11(16)6-10-3-2-9(13)7-14-10/h2-3,7,11-12,16H,4-6,8H2,1H3. The average Bonchev–Trinajstić information content (AvgIpc) is 2.32. The van der Waals surface area contributed by atoms with Gasteiger partial charge in [-0.3, -0.25) is 4.98 Å². The summed E-state index contributed by atoms with van der Waals surface area (Å²) in [4.78, 5) is 6.43. The van der Waals surface area contributed by atoms with Crippen LogP contribution < -0.4 is 0 Å². The molecule has 4 nitrogen and oxygen atoms in total. The van der Waals surface area contributed by atoms with E-state index in [1.54, 1.807) is 6.20 Å². The van der Waals surface area contributed by atoms with Crippen molar-refractivity contribution in [3.63, 3.8) is 0 Å². The van der Waals surface area contributed by atoms with Gasteiger partial charge < -0.3 is 14.7 Å². The Bertz CT molecular complexity index is 358. The maximum absolute atomic E-state index is 10.1. The van der Waals surface area contributed by atoms with Gasteiger partial charge in [0.25, 0.3) is 0 Å². The van der Waals surface area contributed by atoms with Crippen LogP contribution in [0.3, 0.4) is 0 Å². The van der Waals surface area contributed by atoms with Gasteiger partial charge in [-0.2, -0.15) is 0 Å². The SMILES string of the molecule is CN1CCOC(C(O)Cc2ccc(Br)cn2)C1. The zero-order valence-electron chi connectivity index (χ0n) is 9.84. The molecular formula is C12H17BrN2O2. The van der Waals surface area contributed by atoms with E-state index in [1.807, 2.05) is 19.2 Å². The largest absolute Gasteiger partial charge is 0.390 e. The summed E-state index contributed by atoms with van der Waals surface area (Å²) in [5.41, 5.74) is 0.887. The lowest BCUT2D eigenvalue weighted by Crippen LogP contribution is -2.46. The van der Waals surface area contributed by atoms with Gasteiger partial charge in [0, 0.05) is 35.9 Å². The van der Waals surface area contributed by atoms with Gasteiger partial charge in [-0.15, -0.1) is 0 Å². The van der Waals surface area contributed by atoms with Crippen LogP contribution in [0.5, 0.6) is 0 Å². The molecule has 2 atom stereocenters. The lowest BCUT2D eigenvalue weighted by molar-refractivity contribution is -0.0825. The highest BCUT2D eigenvalue weighted by Gasteiger charge is 2.25. The van der Waals surface area contributed by atoms with Gasteiger partial charge in [0.2, 0.25) is 0 Å². The Morgan fingerprint density at radius 1 is 1.65 bits per heavy atom. The summed E-state index contributed by atoms with van der Waals surface area (Å²) in [6, 6.07) is 3.85. The van der Waals surface area contributed by atoms with E-state index in [0.717, 1.165) is 23.3 Å². The third-order valence-electron chi connectivity index (χ3n) is 2.93. The second-order valence-corrected chi connectivity index (χ2v) is 5.33. The number of nitrogens with zero attached hydrogens (tertiary/aromatic N) is 2. The molecule has 0 amide bonds. The smallest absolute Gasteiger partial charge is 0.0964 e. The first-order valence-electron chi connectivity index (χ1n) is 5.74. The van der Waals surface area contributed by atoms with Gasteiger partial charge in [0.15, 0.2) is 0 Å². The first-order valence-corrected chi connectivity index (χ1v) is 6.53. The molecule has 94 valence electrons. The van der Waals surface area contributed by atoms with Gasteiger partial charge in [0.05, 0.1) is 18.8 Å². The summed E-state index contributed by atoms with van der Waals surface area (Å²) in [5.74, 6) is 0. The minimum Gasteiger partial charge on any atom is -0.390 e. The van der Waals surface area contributed by atoms with E-state index in [2.05, 4.69) is 25.8 Å². The summed E-state index contributed by atoms with van der Waals surface area (Å²) >= 11 is 3.34. The number of ether oxygens (including phenoxy) is 1. The van der Waals surface area contributed by atoms with Gasteiger partial charge in [-0.05, 0) is 35.1 Å². The predicted molar refractivity (Wildman–Crippen MR) is 68.9 cm³/mol. The summed E-state index contributed by atoms with van der Waals surface area (Å²) in [6.45, 7) is 2.39. The predicted octanol–water partition coefficient (Wildman–Crippen LogP) is 1.08. The Morgan fingerprint density at radius 2 is 2.47 bits per heavy atom. The Labute approximate surface area is 110 Å². The van der Waals surface area contributed by atoms with E-state index in [0.29, 0.717) is 13.0 Å². The number of morpholine rings is 1. The number of aliphatic hydroxyl groups is 1. The lowest BCUT2D eigenvalue weighted by Gasteiger charge is -2.32. The molecule has 0 bridgehead atoms. The van der Waals surface area contributed by atoms with Crippen LogP contribution in [0.4, 0.5) is 0 Å². The molecule has 0 spiro atoms. The van der Waals surface area contributed by atoms with Crippen molar-refractivity contribution in [2.24, 2.45) is 0 Å². The van der Waals surface area contributed by atoms with E-state index < -0.39 is 6.10 Å². The summed E-state index contributed by atoms with van der Waals surface area (Å²) in [7, 11) is 2.04. The van der Waals surface area contributed by atoms with E-state index in [1.165, 1.54) is 0 Å². The molecule has 1 N–H and O–H groups in total. The zero-order chi connectivity index (χ0) is 12.3. The van der Waals surface area contributed by atoms with Crippen molar-refractivity contribution in [3.8, 4) is 0 Å². The number of aliphatic hydroxyl groups excluding tert-OH is 1. The van der Waals surface area contributed by atoms with Crippen LogP contribution >= 0.6 is 15.9 Å². The molecule has 0 radical (unpaired) electrons. The number of rotatable bonds is 3. The molecular weight excluding hydrogens is 284 g/mol. The third kappa shape index (κ3) is 3.74. The molecule has 1 fully saturated rings. The number of hydrogen-bond acceptors (Lipinski definition) is 4. The van der Waals surface area contributed by atoms with Crippen molar-refractivity contribution in [1.29, 1.82) is 0 Å². The van der Waals surface area contributed by atoms with Crippen molar-refractivity contribution < 1.29 is 9.84 Å². The normalized spacial score (nSPS) is 23.6. The molecule has 1 aromatic heterocycles. The summed E-state index contributed by atoms with van der Waals surface area (Å²) in [5, 5.41) is 10.1. The van der Waals surface area contributed by atoms with Gasteiger partial charge in [-0.25, -0.2) is 0 Å². The molecule has 2 heterocycles. The molecule has 1 aromatic rings. The molecule has 1 aliphatic rings. The molecule has 0 saturated carbocycles. The molecule has 1 saturated heterocycles. The van der Waals surface area contributed by atoms with Crippen LogP contribution in [0.15, 0.2) is 22.8 Å². The highest BCUT2D eigenvalue weighted by Crippen LogP contribution is 2.13. The van der Waals surface area contributed by atoms with Crippen molar-refractivity contribution >= 4 is 15.9 Å². The molecule has 5 heteroatoms. The van der Waals surface area contributed by atoms with Gasteiger partial charge in [-0.1, -0.05) is 0 Å². The topological polar surface area (TPSA) is 45.6 Å². The van der Waals surface area contributed by atoms with Crippen LogP contribution in [0.1, 0.15) is 5.69 Å². The van der Waals surface area contributed by atoms with Crippen LogP contribution in [0, 0.1) is 0 Å². The van der Waals surface area contributed by atoms with E-state index in [4.69, 9.17) is 4.74 Å². The van der Waals surface area contributed by atoms with Crippen molar-refractivity contribution in [3.05, 3.63) is 28.5 Å². The highest BCUT2D eigenvalue weighted by atomic mass is 79.9. The maximum atomic E-state index is 10.1. The lowest BCUT2D eigenvalue weighted by atomic mass is 10.1. The quantitative estimate of drug-likeness (QED) is 0.907. The van der Waals surface area contributed by atoms with Crippen molar-refractivity contribution in [1.82, 2.24) is 9.88 Å². The molecule has 1 aliphatic heterocycles. The number of aromatic nitrogens is 1. The second-order valence-electron chi connectivity index (χ2n) is 4.41. The number of likely N-dealkylation sites (N-methyl/N-ethyl adjacent to an activating group) is 1. The fourth-order valence-corrected chi connectivity index (χ4v) is 2.15. The van der Waals surface area contributed by atoms with E-state index in [-0.39, 0.29) is 6.10 Å². The van der Waals surface area contributed by atoms with Crippen LogP contribution in [0.2, 0.25) is 0 Å². The van der Waals surface area contributed by atoms with Crippen LogP contribution in [0.25, 0.3) is 0 Å². The number of pyridine rings is 1. The summed E-state index contributed by atoms with van der Waals surface area (Å²) < 4.78 is 6.53. The minimum atomic E-state index is -0.494. The monoisotopic (exact) mass is 300 g/mol. The van der Waals surface area contributed by atoms with Crippen molar-refractivity contribution in [2.75, 3.05) is 26.7 Å². The average molecular weight is 301 g/mol. The minimum absolute atomic E-state index is 0.112. The maximum Gasteiger partial charge on any atom is 0.0964 e. The fourth-order valence-electron chi connectivity index (χ4n) is 1.92. The Balaban J connectivity index is 1.91. The molecule has 17 heavy (non-hydrogen) atoms. The fraction of sp³-hybridized carbons (Fsp3) is 0.583. The van der Waals surface area contributed by atoms with Crippen LogP contribution in [-0.4, -0.2) is 53.9 Å². The Morgan fingerprint density at radius 3 is 3.12 bits per heavy atom. The van der Waals surface area contributed by atoms with E-state index >= 15 is 0 Å². The highest BCUT2D eigenvalue weighted by molar-refractivity contribution is 9.10. The Kier molecular flexibility index (Phi) is 4.50. The van der Waals surface area contributed by atoms with E-state index in [9.17, 15) is 5.11 Å². The van der Waals surface area contributed by atoms with Crippen LogP contribution in [-0.2, 0) is 11.2 Å². The third-order valence-corrected chi connectivity index (χ3v) is 3.40. The first-order chi connectivity index (χ1) is 8.15. The number of hydrogen-bond donors (Lipinski definition) is 1. The molecule has 2 rings (SSSR count). The Hall–Kier alpha value is -0.490. The van der Waals surface area contributed by atoms with Gasteiger partial charge in [0.1, 0.15) is 0 Å². The first kappa shape index (κ1) is 13.0. The van der Waals surface area contributed by atoms with Crippen molar-refractivity contribution in [2.45, 2.75) is 18.6 Å². The number of halogens is 1. The molecule has 0 aliphatic carbocycles. The second kappa shape index (κ2) is 5.91. The summed E-state index contributed by atoms with van der Waals surface area (Å²) in [6.07, 6.45) is 1.67. The zero-order valence-corrected chi connectivity index (χ0v) is 11.4. The molecule has 2 unspecified atom stereocenters. The molecule has 0 aromatic carbocycles.